The average Bonchev–Trinajstić information content (AvgIpc) is 2.78. The van der Waals surface area contributed by atoms with Crippen molar-refractivity contribution < 1.29 is 9.32 Å². The molecule has 1 aromatic carbocycles. The molecule has 0 bridgehead atoms. The minimum Gasteiger partial charge on any atom is -0.361 e. The van der Waals surface area contributed by atoms with Crippen LogP contribution in [-0.4, -0.2) is 11.1 Å². The predicted molar refractivity (Wildman–Crippen MR) is 82.4 cm³/mol. The number of amides is 1. The summed E-state index contributed by atoms with van der Waals surface area (Å²) < 4.78 is 5.12. The lowest BCUT2D eigenvalue weighted by molar-refractivity contribution is -0.122. The molecule has 2 aromatic rings. The Bertz CT molecular complexity index is 615. The minimum atomic E-state index is -0.300. The van der Waals surface area contributed by atoms with Crippen LogP contribution in [0.5, 0.6) is 0 Å². The fraction of sp³-hybridized carbons (Fsp3) is 0.375. The minimum absolute atomic E-state index is 0.0492. The molecule has 0 spiro atoms. The standard InChI is InChI=1S/C16H19ClN2O2/c1-9(15-11(3)19-21-12(15)4)16(20)18-10(2)13-5-7-14(17)8-6-13/h5-10H,1-4H3,(H,18,20)/t9-,10+/m0/s1. The first kappa shape index (κ1) is 15.6. The van der Waals surface area contributed by atoms with Gasteiger partial charge in [0.25, 0.3) is 0 Å². The number of hydrogen-bond acceptors (Lipinski definition) is 3. The normalized spacial score (nSPS) is 13.8. The van der Waals surface area contributed by atoms with Gasteiger partial charge in [-0.15, -0.1) is 0 Å². The molecule has 0 radical (unpaired) electrons. The molecule has 21 heavy (non-hydrogen) atoms. The Kier molecular flexibility index (Phi) is 4.68. The Hall–Kier alpha value is -1.81. The Labute approximate surface area is 129 Å². The molecule has 2 rings (SSSR count). The molecule has 1 aromatic heterocycles. The first-order valence-electron chi connectivity index (χ1n) is 6.88. The Morgan fingerprint density at radius 2 is 1.86 bits per heavy atom. The van der Waals surface area contributed by atoms with Crippen LogP contribution in [0.15, 0.2) is 28.8 Å². The smallest absolute Gasteiger partial charge is 0.227 e. The fourth-order valence-corrected chi connectivity index (χ4v) is 2.54. The van der Waals surface area contributed by atoms with Crippen LogP contribution < -0.4 is 5.32 Å². The van der Waals surface area contributed by atoms with Crippen molar-refractivity contribution in [2.24, 2.45) is 0 Å². The number of aryl methyl sites for hydroxylation is 2. The van der Waals surface area contributed by atoms with E-state index in [0.29, 0.717) is 10.8 Å². The number of nitrogens with zero attached hydrogens (tertiary/aromatic N) is 1. The zero-order valence-electron chi connectivity index (χ0n) is 12.6. The van der Waals surface area contributed by atoms with Gasteiger partial charge in [0, 0.05) is 10.6 Å². The fourth-order valence-electron chi connectivity index (χ4n) is 2.41. The van der Waals surface area contributed by atoms with E-state index in [1.54, 1.807) is 0 Å². The Balaban J connectivity index is 2.09. The number of carbonyl (C=O) groups is 1. The number of nitrogens with one attached hydrogen (secondary N) is 1. The van der Waals surface area contributed by atoms with E-state index in [1.165, 1.54) is 0 Å². The summed E-state index contributed by atoms with van der Waals surface area (Å²) in [5, 5.41) is 7.59. The van der Waals surface area contributed by atoms with Gasteiger partial charge in [-0.05, 0) is 45.4 Å². The predicted octanol–water partition coefficient (Wildman–Crippen LogP) is 3.93. The van der Waals surface area contributed by atoms with Crippen molar-refractivity contribution in [2.75, 3.05) is 0 Å². The van der Waals surface area contributed by atoms with Gasteiger partial charge >= 0.3 is 0 Å². The third kappa shape index (κ3) is 3.45. The second-order valence-corrected chi connectivity index (χ2v) is 5.68. The Morgan fingerprint density at radius 3 is 2.38 bits per heavy atom. The molecular formula is C16H19ClN2O2. The molecule has 5 heteroatoms. The molecule has 2 atom stereocenters. The molecule has 0 saturated heterocycles. The first-order valence-corrected chi connectivity index (χ1v) is 7.26. The molecule has 0 aliphatic rings. The lowest BCUT2D eigenvalue weighted by Gasteiger charge is -2.18. The lowest BCUT2D eigenvalue weighted by Crippen LogP contribution is -2.30. The molecule has 112 valence electrons. The molecule has 0 unspecified atom stereocenters. The van der Waals surface area contributed by atoms with Crippen LogP contribution in [0.4, 0.5) is 0 Å². The first-order chi connectivity index (χ1) is 9.90. The zero-order chi connectivity index (χ0) is 15.6. The SMILES string of the molecule is Cc1noc(C)c1[C@H](C)C(=O)N[C@H](C)c1ccc(Cl)cc1. The number of rotatable bonds is 4. The molecule has 0 fully saturated rings. The zero-order valence-corrected chi connectivity index (χ0v) is 13.4. The quantitative estimate of drug-likeness (QED) is 0.931. The van der Waals surface area contributed by atoms with Crippen molar-refractivity contribution in [1.82, 2.24) is 10.5 Å². The number of hydrogen-bond donors (Lipinski definition) is 1. The van der Waals surface area contributed by atoms with Crippen molar-refractivity contribution in [2.45, 2.75) is 39.7 Å². The monoisotopic (exact) mass is 306 g/mol. The van der Waals surface area contributed by atoms with Gasteiger partial charge in [0.2, 0.25) is 5.91 Å². The summed E-state index contributed by atoms with van der Waals surface area (Å²) in [7, 11) is 0. The summed E-state index contributed by atoms with van der Waals surface area (Å²) in [5.41, 5.74) is 2.63. The van der Waals surface area contributed by atoms with Crippen LogP contribution in [0.1, 0.15) is 48.4 Å². The van der Waals surface area contributed by atoms with E-state index in [2.05, 4.69) is 10.5 Å². The van der Waals surface area contributed by atoms with Crippen molar-refractivity contribution in [3.8, 4) is 0 Å². The van der Waals surface area contributed by atoms with E-state index in [9.17, 15) is 4.79 Å². The van der Waals surface area contributed by atoms with Gasteiger partial charge in [-0.2, -0.15) is 0 Å². The van der Waals surface area contributed by atoms with Crippen LogP contribution in [0.3, 0.4) is 0 Å². The summed E-state index contributed by atoms with van der Waals surface area (Å²) in [4.78, 5) is 12.4. The maximum absolute atomic E-state index is 12.4. The van der Waals surface area contributed by atoms with Crippen molar-refractivity contribution >= 4 is 17.5 Å². The van der Waals surface area contributed by atoms with E-state index in [1.807, 2.05) is 52.0 Å². The molecule has 4 nitrogen and oxygen atoms in total. The van der Waals surface area contributed by atoms with Crippen LogP contribution in [0, 0.1) is 13.8 Å². The summed E-state index contributed by atoms with van der Waals surface area (Å²) >= 11 is 5.87. The highest BCUT2D eigenvalue weighted by Gasteiger charge is 2.24. The maximum atomic E-state index is 12.4. The number of halogens is 1. The summed E-state index contributed by atoms with van der Waals surface area (Å²) in [6.45, 7) is 7.47. The van der Waals surface area contributed by atoms with Crippen LogP contribution in [0.2, 0.25) is 5.02 Å². The van der Waals surface area contributed by atoms with Gasteiger partial charge in [0.1, 0.15) is 5.76 Å². The van der Waals surface area contributed by atoms with Crippen LogP contribution >= 0.6 is 11.6 Å². The second-order valence-electron chi connectivity index (χ2n) is 5.24. The largest absolute Gasteiger partial charge is 0.361 e. The summed E-state index contributed by atoms with van der Waals surface area (Å²) in [6, 6.07) is 7.37. The van der Waals surface area contributed by atoms with Gasteiger partial charge in [0.05, 0.1) is 17.7 Å². The van der Waals surface area contributed by atoms with E-state index >= 15 is 0 Å². The summed E-state index contributed by atoms with van der Waals surface area (Å²) in [5.74, 6) is 0.340. The topological polar surface area (TPSA) is 55.1 Å². The molecule has 0 aliphatic heterocycles. The maximum Gasteiger partial charge on any atom is 0.227 e. The summed E-state index contributed by atoms with van der Waals surface area (Å²) in [6.07, 6.45) is 0. The number of aromatic nitrogens is 1. The van der Waals surface area contributed by atoms with Crippen molar-refractivity contribution in [3.05, 3.63) is 51.9 Å². The molecular weight excluding hydrogens is 288 g/mol. The average molecular weight is 307 g/mol. The number of carbonyl (C=O) groups excluding carboxylic acids is 1. The lowest BCUT2D eigenvalue weighted by atomic mass is 9.98. The molecule has 0 saturated carbocycles. The van der Waals surface area contributed by atoms with Gasteiger partial charge < -0.3 is 9.84 Å². The third-order valence-electron chi connectivity index (χ3n) is 3.64. The van der Waals surface area contributed by atoms with Gasteiger partial charge in [-0.1, -0.05) is 28.9 Å². The van der Waals surface area contributed by atoms with E-state index in [0.717, 1.165) is 16.8 Å². The highest BCUT2D eigenvalue weighted by Crippen LogP contribution is 2.24. The number of benzene rings is 1. The van der Waals surface area contributed by atoms with Crippen molar-refractivity contribution in [3.63, 3.8) is 0 Å². The highest BCUT2D eigenvalue weighted by atomic mass is 35.5. The van der Waals surface area contributed by atoms with Crippen molar-refractivity contribution in [1.29, 1.82) is 0 Å². The van der Waals surface area contributed by atoms with Crippen LogP contribution in [-0.2, 0) is 4.79 Å². The van der Waals surface area contributed by atoms with Crippen LogP contribution in [0.25, 0.3) is 0 Å². The van der Waals surface area contributed by atoms with Gasteiger partial charge in [-0.3, -0.25) is 4.79 Å². The van der Waals surface area contributed by atoms with Gasteiger partial charge in [-0.25, -0.2) is 0 Å². The molecule has 1 heterocycles. The molecule has 1 amide bonds. The second kappa shape index (κ2) is 6.31. The molecule has 1 N–H and O–H groups in total. The van der Waals surface area contributed by atoms with E-state index in [-0.39, 0.29) is 17.9 Å². The Morgan fingerprint density at radius 1 is 1.24 bits per heavy atom. The van der Waals surface area contributed by atoms with Gasteiger partial charge in [0.15, 0.2) is 0 Å². The highest BCUT2D eigenvalue weighted by molar-refractivity contribution is 6.30. The molecule has 0 aliphatic carbocycles. The third-order valence-corrected chi connectivity index (χ3v) is 3.90. The van der Waals surface area contributed by atoms with E-state index < -0.39 is 0 Å². The van der Waals surface area contributed by atoms with E-state index in [4.69, 9.17) is 16.1 Å².